The third kappa shape index (κ3) is 3.52. The van der Waals surface area contributed by atoms with Crippen LogP contribution in [0.25, 0.3) is 22.1 Å². The Morgan fingerprint density at radius 1 is 1.06 bits per heavy atom. The average Bonchev–Trinajstić information content (AvgIpc) is 2.78. The third-order valence-corrected chi connectivity index (χ3v) is 8.18. The number of nitrogens with zero attached hydrogens (tertiary/aromatic N) is 3. The van der Waals surface area contributed by atoms with Crippen LogP contribution in [0.4, 0.5) is 0 Å². The van der Waals surface area contributed by atoms with E-state index in [1.165, 1.54) is 12.8 Å². The number of allylic oxidation sites excluding steroid dienone is 1. The van der Waals surface area contributed by atoms with Crippen LogP contribution in [0.2, 0.25) is 0 Å². The van der Waals surface area contributed by atoms with Gasteiger partial charge in [0.15, 0.2) is 0 Å². The minimum atomic E-state index is -0.439. The first-order valence-corrected chi connectivity index (χ1v) is 13.1. The Balaban J connectivity index is 2.18. The Morgan fingerprint density at radius 3 is 2.32 bits per heavy atom. The Kier molecular flexibility index (Phi) is 6.03. The first-order chi connectivity index (χ1) is 15.9. The van der Waals surface area contributed by atoms with Gasteiger partial charge in [0.2, 0.25) is 0 Å². The van der Waals surface area contributed by atoms with Gasteiger partial charge in [-0.25, -0.2) is 9.20 Å². The Morgan fingerprint density at radius 2 is 1.74 bits per heavy atom. The molecular formula is C30H42N3O+. The van der Waals surface area contributed by atoms with Crippen molar-refractivity contribution in [3.05, 3.63) is 58.3 Å². The lowest BCUT2D eigenvalue weighted by Crippen LogP contribution is -2.51. The van der Waals surface area contributed by atoms with Gasteiger partial charge in [0.25, 0.3) is 5.65 Å². The maximum atomic E-state index is 13.9. The highest BCUT2D eigenvalue weighted by Gasteiger charge is 2.46. The predicted octanol–water partition coefficient (Wildman–Crippen LogP) is 6.83. The topological polar surface area (TPSA) is 39.0 Å². The van der Waals surface area contributed by atoms with Gasteiger partial charge in [-0.2, -0.15) is 4.57 Å². The van der Waals surface area contributed by atoms with Crippen molar-refractivity contribution >= 4 is 22.1 Å². The summed E-state index contributed by atoms with van der Waals surface area (Å²) in [5.74, 6) is 0. The van der Waals surface area contributed by atoms with E-state index in [2.05, 4.69) is 84.7 Å². The maximum absolute atomic E-state index is 13.9. The minimum absolute atomic E-state index is 0.0708. The second-order valence-electron chi connectivity index (χ2n) is 11.8. The molecule has 0 radical (unpaired) electrons. The normalized spacial score (nSPS) is 15.6. The standard InChI is InChI=1S/C30H42N3O/c1-10-13-14-16-29(8,9)24-19-25(34)33-27-26-21(20(4)30(33,11-2)12-3)18-23(28(5,6)7)31-22(26)15-17-32(24)27/h15,17-19H,4,10-14,16H2,1-3,5-9H3/q+1. The van der Waals surface area contributed by atoms with E-state index in [9.17, 15) is 4.79 Å². The molecule has 0 N–H and O–H groups in total. The zero-order valence-corrected chi connectivity index (χ0v) is 22.5. The molecule has 3 aromatic heterocycles. The molecule has 4 heterocycles. The van der Waals surface area contributed by atoms with Gasteiger partial charge in [0.1, 0.15) is 11.2 Å². The molecule has 4 heteroatoms. The zero-order chi connectivity index (χ0) is 25.1. The summed E-state index contributed by atoms with van der Waals surface area (Å²) in [4.78, 5) is 19.0. The van der Waals surface area contributed by atoms with Crippen molar-refractivity contribution < 1.29 is 4.40 Å². The summed E-state index contributed by atoms with van der Waals surface area (Å²) in [7, 11) is 0. The van der Waals surface area contributed by atoms with E-state index >= 15 is 0 Å². The summed E-state index contributed by atoms with van der Waals surface area (Å²) < 4.78 is 4.32. The van der Waals surface area contributed by atoms with Gasteiger partial charge in [-0.1, -0.05) is 81.2 Å². The summed E-state index contributed by atoms with van der Waals surface area (Å²) in [6.07, 6.45) is 8.40. The maximum Gasteiger partial charge on any atom is 0.338 e. The number of unbranched alkanes of at least 4 members (excludes halogenated alkanes) is 2. The van der Waals surface area contributed by atoms with Gasteiger partial charge in [-0.3, -0.25) is 4.98 Å². The van der Waals surface area contributed by atoms with E-state index < -0.39 is 5.54 Å². The molecule has 0 saturated carbocycles. The molecule has 0 atom stereocenters. The number of hydrogen-bond acceptors (Lipinski definition) is 2. The van der Waals surface area contributed by atoms with E-state index in [4.69, 9.17) is 4.98 Å². The lowest BCUT2D eigenvalue weighted by Gasteiger charge is -2.37. The van der Waals surface area contributed by atoms with E-state index in [0.29, 0.717) is 0 Å². The fourth-order valence-corrected chi connectivity index (χ4v) is 5.91. The monoisotopic (exact) mass is 460 g/mol. The summed E-state index contributed by atoms with van der Waals surface area (Å²) in [5, 5.41) is 1.06. The molecule has 0 aliphatic carbocycles. The Hall–Kier alpha value is -2.49. The highest BCUT2D eigenvalue weighted by Crippen LogP contribution is 2.46. The van der Waals surface area contributed by atoms with E-state index in [1.54, 1.807) is 0 Å². The Bertz CT molecular complexity index is 1330. The van der Waals surface area contributed by atoms with Crippen LogP contribution in [0.15, 0.2) is 35.8 Å². The van der Waals surface area contributed by atoms with Gasteiger partial charge in [0.05, 0.1) is 23.2 Å². The molecule has 0 aromatic carbocycles. The number of hydrogen-bond donors (Lipinski definition) is 0. The second-order valence-corrected chi connectivity index (χ2v) is 11.8. The molecule has 0 bridgehead atoms. The molecule has 4 nitrogen and oxygen atoms in total. The summed E-state index contributed by atoms with van der Waals surface area (Å²) in [6, 6.07) is 6.25. The van der Waals surface area contributed by atoms with Crippen LogP contribution < -0.4 is 9.96 Å². The first-order valence-electron chi connectivity index (χ1n) is 13.1. The van der Waals surface area contributed by atoms with Crippen LogP contribution in [-0.4, -0.2) is 9.55 Å². The van der Waals surface area contributed by atoms with Gasteiger partial charge in [0, 0.05) is 33.7 Å². The molecule has 1 aliphatic heterocycles. The highest BCUT2D eigenvalue weighted by atomic mass is 16.1. The van der Waals surface area contributed by atoms with Crippen molar-refractivity contribution in [2.45, 2.75) is 110 Å². The van der Waals surface area contributed by atoms with Gasteiger partial charge >= 0.3 is 5.56 Å². The smallest absolute Gasteiger partial charge is 0.252 e. The minimum Gasteiger partial charge on any atom is -0.252 e. The molecule has 0 unspecified atom stereocenters. The molecule has 4 rings (SSSR count). The van der Waals surface area contributed by atoms with Crippen molar-refractivity contribution in [2.75, 3.05) is 0 Å². The van der Waals surface area contributed by atoms with Crippen LogP contribution in [0, 0.1) is 0 Å². The fraction of sp³-hybridized carbons (Fsp3) is 0.567. The van der Waals surface area contributed by atoms with Crippen molar-refractivity contribution in [1.82, 2.24) is 9.55 Å². The average molecular weight is 461 g/mol. The molecule has 0 saturated heterocycles. The lowest BCUT2D eigenvalue weighted by molar-refractivity contribution is -0.530. The van der Waals surface area contributed by atoms with Crippen LogP contribution in [0.3, 0.4) is 0 Å². The first kappa shape index (κ1) is 24.6. The molecule has 0 spiro atoms. The molecule has 182 valence electrons. The molecule has 3 aromatic rings. The SMILES string of the molecule is C=C1c2cc(C(C)(C)C)nc3cc[n+]4c(C(C)(C)CCCCC)cc(=O)n(c4c23)C1(CC)CC. The van der Waals surface area contributed by atoms with E-state index in [-0.39, 0.29) is 16.4 Å². The van der Waals surface area contributed by atoms with Crippen LogP contribution >= 0.6 is 0 Å². The molecule has 34 heavy (non-hydrogen) atoms. The third-order valence-electron chi connectivity index (χ3n) is 8.18. The van der Waals surface area contributed by atoms with Crippen molar-refractivity contribution in [3.63, 3.8) is 0 Å². The molecule has 0 fully saturated rings. The lowest BCUT2D eigenvalue weighted by atomic mass is 9.76. The van der Waals surface area contributed by atoms with Gasteiger partial charge < -0.3 is 0 Å². The van der Waals surface area contributed by atoms with Crippen LogP contribution in [0.5, 0.6) is 0 Å². The predicted molar refractivity (Wildman–Crippen MR) is 143 cm³/mol. The quantitative estimate of drug-likeness (QED) is 0.220. The van der Waals surface area contributed by atoms with E-state index in [1.807, 2.05) is 10.6 Å². The van der Waals surface area contributed by atoms with Crippen molar-refractivity contribution in [2.24, 2.45) is 0 Å². The number of pyridine rings is 2. The summed E-state index contributed by atoms with van der Waals surface area (Å²) >= 11 is 0. The molecular weight excluding hydrogens is 418 g/mol. The summed E-state index contributed by atoms with van der Waals surface area (Å²) in [5.41, 5.74) is 5.70. The van der Waals surface area contributed by atoms with E-state index in [0.717, 1.165) is 64.8 Å². The Labute approximate surface area is 204 Å². The van der Waals surface area contributed by atoms with Gasteiger partial charge in [-0.15, -0.1) is 0 Å². The number of aromatic nitrogens is 3. The highest BCUT2D eigenvalue weighted by molar-refractivity contribution is 6.02. The second kappa shape index (κ2) is 8.32. The van der Waals surface area contributed by atoms with Gasteiger partial charge in [-0.05, 0) is 25.3 Å². The van der Waals surface area contributed by atoms with Crippen LogP contribution in [0.1, 0.15) is 111 Å². The molecule has 1 aliphatic rings. The zero-order valence-electron chi connectivity index (χ0n) is 22.5. The van der Waals surface area contributed by atoms with Crippen molar-refractivity contribution in [1.29, 1.82) is 0 Å². The van der Waals surface area contributed by atoms with Crippen molar-refractivity contribution in [3.8, 4) is 0 Å². The summed E-state index contributed by atoms with van der Waals surface area (Å²) in [6.45, 7) is 22.4. The molecule has 0 amide bonds. The largest absolute Gasteiger partial charge is 0.338 e. The fourth-order valence-electron chi connectivity index (χ4n) is 5.91. The van der Waals surface area contributed by atoms with Crippen LogP contribution in [-0.2, 0) is 16.4 Å². The number of rotatable bonds is 7.